The third-order valence-electron chi connectivity index (χ3n) is 5.56. The Labute approximate surface area is 183 Å². The van der Waals surface area contributed by atoms with Gasteiger partial charge in [0.2, 0.25) is 5.13 Å². The molecule has 0 saturated heterocycles. The molecule has 0 bridgehead atoms. The van der Waals surface area contributed by atoms with Gasteiger partial charge in [-0.05, 0) is 43.2 Å². The Morgan fingerprint density at radius 2 is 2.03 bits per heavy atom. The van der Waals surface area contributed by atoms with E-state index < -0.39 is 5.97 Å². The topological polar surface area (TPSA) is 91.2 Å². The largest absolute Gasteiger partial charge is 0.481 e. The number of pyridine rings is 1. The van der Waals surface area contributed by atoms with Gasteiger partial charge in [0.15, 0.2) is 5.82 Å². The molecule has 30 heavy (non-hydrogen) atoms. The SMILES string of the molecule is Cc1nsc(Nc2cc(C(C)CC(=O)O)cnc2N(CC(C)C)C2CCCCC2)n1. The molecule has 1 fully saturated rings. The van der Waals surface area contributed by atoms with Crippen LogP contribution in [0.1, 0.15) is 76.6 Å². The van der Waals surface area contributed by atoms with E-state index in [0.29, 0.717) is 12.0 Å². The molecule has 8 heteroatoms. The molecule has 1 atom stereocenters. The number of anilines is 3. The van der Waals surface area contributed by atoms with Gasteiger partial charge in [-0.1, -0.05) is 40.0 Å². The van der Waals surface area contributed by atoms with Crippen LogP contribution in [0.2, 0.25) is 0 Å². The van der Waals surface area contributed by atoms with E-state index in [9.17, 15) is 9.90 Å². The van der Waals surface area contributed by atoms with Crippen molar-refractivity contribution in [2.24, 2.45) is 5.92 Å². The van der Waals surface area contributed by atoms with E-state index in [4.69, 9.17) is 4.98 Å². The van der Waals surface area contributed by atoms with Crippen LogP contribution >= 0.6 is 11.5 Å². The lowest BCUT2D eigenvalue weighted by atomic mass is 9.93. The number of carbonyl (C=O) groups is 1. The summed E-state index contributed by atoms with van der Waals surface area (Å²) in [6.45, 7) is 9.21. The van der Waals surface area contributed by atoms with Crippen LogP contribution in [0, 0.1) is 12.8 Å². The monoisotopic (exact) mass is 431 g/mol. The summed E-state index contributed by atoms with van der Waals surface area (Å²) in [6, 6.07) is 2.52. The number of hydrogen-bond acceptors (Lipinski definition) is 7. The molecule has 0 spiro atoms. The fourth-order valence-electron chi connectivity index (χ4n) is 4.10. The van der Waals surface area contributed by atoms with Crippen molar-refractivity contribution in [3.63, 3.8) is 0 Å². The molecule has 2 heterocycles. The number of nitrogens with zero attached hydrogens (tertiary/aromatic N) is 4. The molecule has 1 saturated carbocycles. The molecule has 0 aliphatic heterocycles. The van der Waals surface area contributed by atoms with Gasteiger partial charge in [0.25, 0.3) is 0 Å². The van der Waals surface area contributed by atoms with E-state index in [2.05, 4.69) is 33.4 Å². The number of carboxylic acid groups (broad SMARTS) is 1. The Kier molecular flexibility index (Phi) is 7.64. The molecule has 164 valence electrons. The second kappa shape index (κ2) is 10.2. The lowest BCUT2D eigenvalue weighted by molar-refractivity contribution is -0.137. The van der Waals surface area contributed by atoms with Gasteiger partial charge in [-0.3, -0.25) is 4.79 Å². The minimum Gasteiger partial charge on any atom is -0.481 e. The van der Waals surface area contributed by atoms with Gasteiger partial charge in [-0.25, -0.2) is 9.97 Å². The molecule has 7 nitrogen and oxygen atoms in total. The zero-order valence-electron chi connectivity index (χ0n) is 18.4. The Morgan fingerprint density at radius 3 is 2.63 bits per heavy atom. The van der Waals surface area contributed by atoms with Crippen LogP contribution in [-0.2, 0) is 4.79 Å². The van der Waals surface area contributed by atoms with E-state index in [1.807, 2.05) is 26.1 Å². The third-order valence-corrected chi connectivity index (χ3v) is 6.28. The maximum atomic E-state index is 11.2. The van der Waals surface area contributed by atoms with Crippen LogP contribution in [0.4, 0.5) is 16.6 Å². The van der Waals surface area contributed by atoms with Crippen molar-refractivity contribution in [1.29, 1.82) is 0 Å². The lowest BCUT2D eigenvalue weighted by Gasteiger charge is -2.37. The van der Waals surface area contributed by atoms with E-state index in [0.717, 1.165) is 34.6 Å². The molecule has 2 aromatic rings. The standard InChI is InChI=1S/C22H33N5O2S/c1-14(2)13-27(18-8-6-5-7-9-18)21-19(25-22-24-16(4)26-30-22)11-17(12-23-21)15(3)10-20(28)29/h11-12,14-15,18H,5-10,13H2,1-4H3,(H,28,29)(H,24,25,26). The first-order chi connectivity index (χ1) is 14.3. The Bertz CT molecular complexity index is 848. The van der Waals surface area contributed by atoms with Crippen LogP contribution in [0.5, 0.6) is 0 Å². The van der Waals surface area contributed by atoms with Crippen molar-refractivity contribution in [2.75, 3.05) is 16.8 Å². The Morgan fingerprint density at radius 1 is 1.30 bits per heavy atom. The van der Waals surface area contributed by atoms with E-state index in [1.54, 1.807) is 0 Å². The van der Waals surface area contributed by atoms with Gasteiger partial charge in [0.1, 0.15) is 5.82 Å². The first-order valence-corrected chi connectivity index (χ1v) is 11.7. The van der Waals surface area contributed by atoms with Gasteiger partial charge in [0.05, 0.1) is 12.1 Å². The highest BCUT2D eigenvalue weighted by atomic mass is 32.1. The summed E-state index contributed by atoms with van der Waals surface area (Å²) in [4.78, 5) is 23.0. The number of aliphatic carboxylic acids is 1. The maximum Gasteiger partial charge on any atom is 0.303 e. The predicted molar refractivity (Wildman–Crippen MR) is 122 cm³/mol. The average molecular weight is 432 g/mol. The molecule has 1 aliphatic rings. The van der Waals surface area contributed by atoms with Crippen molar-refractivity contribution in [3.05, 3.63) is 23.7 Å². The summed E-state index contributed by atoms with van der Waals surface area (Å²) in [6.07, 6.45) is 8.11. The fraction of sp³-hybridized carbons (Fsp3) is 0.636. The number of hydrogen-bond donors (Lipinski definition) is 2. The molecule has 0 aromatic carbocycles. The van der Waals surface area contributed by atoms with Crippen molar-refractivity contribution in [2.45, 2.75) is 78.2 Å². The molecule has 2 aromatic heterocycles. The van der Waals surface area contributed by atoms with Gasteiger partial charge in [0, 0.05) is 30.3 Å². The first kappa shape index (κ1) is 22.5. The summed E-state index contributed by atoms with van der Waals surface area (Å²) >= 11 is 1.33. The van der Waals surface area contributed by atoms with Crippen molar-refractivity contribution in [1.82, 2.24) is 14.3 Å². The van der Waals surface area contributed by atoms with Crippen LogP contribution < -0.4 is 10.2 Å². The summed E-state index contributed by atoms with van der Waals surface area (Å²) in [5.74, 6) is 1.25. The van der Waals surface area contributed by atoms with E-state index in [1.165, 1.54) is 43.6 Å². The molecule has 0 radical (unpaired) electrons. The highest BCUT2D eigenvalue weighted by Gasteiger charge is 2.26. The molecule has 2 N–H and O–H groups in total. The highest BCUT2D eigenvalue weighted by Crippen LogP contribution is 2.35. The van der Waals surface area contributed by atoms with Gasteiger partial charge in [-0.2, -0.15) is 4.37 Å². The van der Waals surface area contributed by atoms with Crippen LogP contribution in [-0.4, -0.2) is 38.0 Å². The summed E-state index contributed by atoms with van der Waals surface area (Å²) in [5, 5.41) is 13.4. The lowest BCUT2D eigenvalue weighted by Crippen LogP contribution is -2.40. The Balaban J connectivity index is 1.99. The van der Waals surface area contributed by atoms with E-state index >= 15 is 0 Å². The van der Waals surface area contributed by atoms with Crippen molar-refractivity contribution < 1.29 is 9.90 Å². The van der Waals surface area contributed by atoms with Gasteiger partial charge in [-0.15, -0.1) is 0 Å². The zero-order chi connectivity index (χ0) is 21.7. The molecular formula is C22H33N5O2S. The number of rotatable bonds is 9. The summed E-state index contributed by atoms with van der Waals surface area (Å²) in [5.41, 5.74) is 1.80. The number of carboxylic acids is 1. The van der Waals surface area contributed by atoms with Gasteiger partial charge < -0.3 is 15.3 Å². The summed E-state index contributed by atoms with van der Waals surface area (Å²) < 4.78 is 4.28. The normalized spacial score (nSPS) is 15.9. The average Bonchev–Trinajstić information content (AvgIpc) is 3.11. The second-order valence-electron chi connectivity index (χ2n) is 8.75. The minimum atomic E-state index is -0.801. The predicted octanol–water partition coefficient (Wildman–Crippen LogP) is 5.36. The van der Waals surface area contributed by atoms with Crippen molar-refractivity contribution >= 4 is 34.1 Å². The Hall–Kier alpha value is -2.22. The minimum absolute atomic E-state index is 0.0801. The second-order valence-corrected chi connectivity index (χ2v) is 9.50. The van der Waals surface area contributed by atoms with Crippen LogP contribution in [0.3, 0.4) is 0 Å². The van der Waals surface area contributed by atoms with Crippen LogP contribution in [0.15, 0.2) is 12.3 Å². The quantitative estimate of drug-likeness (QED) is 0.552. The molecule has 3 rings (SSSR count). The van der Waals surface area contributed by atoms with Gasteiger partial charge >= 0.3 is 5.97 Å². The fourth-order valence-corrected chi connectivity index (χ4v) is 4.69. The molecule has 1 unspecified atom stereocenters. The summed E-state index contributed by atoms with van der Waals surface area (Å²) in [7, 11) is 0. The van der Waals surface area contributed by atoms with Crippen molar-refractivity contribution in [3.8, 4) is 0 Å². The smallest absolute Gasteiger partial charge is 0.303 e. The third kappa shape index (κ3) is 5.90. The number of aromatic nitrogens is 3. The molecular weight excluding hydrogens is 398 g/mol. The van der Waals surface area contributed by atoms with E-state index in [-0.39, 0.29) is 12.3 Å². The number of nitrogens with one attached hydrogen (secondary N) is 1. The maximum absolute atomic E-state index is 11.2. The zero-order valence-corrected chi connectivity index (χ0v) is 19.2. The molecule has 1 aliphatic carbocycles. The van der Waals surface area contributed by atoms with Crippen LogP contribution in [0.25, 0.3) is 0 Å². The first-order valence-electron chi connectivity index (χ1n) is 10.9. The number of aryl methyl sites for hydroxylation is 1. The molecule has 0 amide bonds. The highest BCUT2D eigenvalue weighted by molar-refractivity contribution is 7.09.